The zero-order chi connectivity index (χ0) is 8.20. The van der Waals surface area contributed by atoms with E-state index in [0.29, 0.717) is 12.2 Å². The summed E-state index contributed by atoms with van der Waals surface area (Å²) >= 11 is 3.96. The van der Waals surface area contributed by atoms with E-state index in [4.69, 9.17) is 5.73 Å². The Labute approximate surface area is 66.3 Å². The number of ether oxygens (including phenoxy) is 1. The van der Waals surface area contributed by atoms with Gasteiger partial charge in [0.25, 0.3) is 0 Å². The first-order valence-corrected chi connectivity index (χ1v) is 3.66. The standard InChI is InChI=1S/C6H13NO2S/c1-6(7,3-4-10)5(8)9-2/h10H,3-4,7H2,1-2H3. The third kappa shape index (κ3) is 2.58. The first-order chi connectivity index (χ1) is 4.54. The molecule has 0 radical (unpaired) electrons. The first-order valence-electron chi connectivity index (χ1n) is 3.02. The molecule has 0 aliphatic carbocycles. The summed E-state index contributed by atoms with van der Waals surface area (Å²) in [6.07, 6.45) is 0.531. The van der Waals surface area contributed by atoms with E-state index < -0.39 is 5.54 Å². The number of carbonyl (C=O) groups excluding carboxylic acids is 1. The van der Waals surface area contributed by atoms with Crippen molar-refractivity contribution in [3.63, 3.8) is 0 Å². The summed E-state index contributed by atoms with van der Waals surface area (Å²) in [5.74, 6) is 0.198. The second kappa shape index (κ2) is 3.83. The summed E-state index contributed by atoms with van der Waals surface area (Å²) < 4.78 is 4.47. The number of nitrogens with two attached hydrogens (primary N) is 1. The van der Waals surface area contributed by atoms with Crippen molar-refractivity contribution in [2.24, 2.45) is 5.73 Å². The summed E-state index contributed by atoms with van der Waals surface area (Å²) in [4.78, 5) is 10.8. The second-order valence-electron chi connectivity index (χ2n) is 2.38. The molecule has 0 fully saturated rings. The van der Waals surface area contributed by atoms with Gasteiger partial charge < -0.3 is 10.5 Å². The highest BCUT2D eigenvalue weighted by Crippen LogP contribution is 2.07. The van der Waals surface area contributed by atoms with Crippen LogP contribution in [0.3, 0.4) is 0 Å². The third-order valence-corrected chi connectivity index (χ3v) is 1.51. The Morgan fingerprint density at radius 1 is 1.80 bits per heavy atom. The van der Waals surface area contributed by atoms with E-state index in [2.05, 4.69) is 17.4 Å². The van der Waals surface area contributed by atoms with Gasteiger partial charge in [0.1, 0.15) is 5.54 Å². The van der Waals surface area contributed by atoms with Crippen LogP contribution in [0.15, 0.2) is 0 Å². The van der Waals surface area contributed by atoms with Gasteiger partial charge in [-0.1, -0.05) is 0 Å². The molecule has 0 bridgehead atoms. The molecule has 0 saturated heterocycles. The Hall–Kier alpha value is -0.220. The van der Waals surface area contributed by atoms with Crippen LogP contribution in [0, 0.1) is 0 Å². The fourth-order valence-electron chi connectivity index (χ4n) is 0.567. The molecule has 0 heterocycles. The van der Waals surface area contributed by atoms with Crippen molar-refractivity contribution < 1.29 is 9.53 Å². The van der Waals surface area contributed by atoms with Crippen LogP contribution in [0.25, 0.3) is 0 Å². The molecule has 0 saturated carbocycles. The van der Waals surface area contributed by atoms with Gasteiger partial charge in [0.2, 0.25) is 0 Å². The molecule has 0 aromatic carbocycles. The zero-order valence-corrected chi connectivity index (χ0v) is 7.15. The van der Waals surface area contributed by atoms with Crippen molar-refractivity contribution in [2.45, 2.75) is 18.9 Å². The molecule has 2 N–H and O–H groups in total. The maximum atomic E-state index is 10.8. The van der Waals surface area contributed by atoms with Gasteiger partial charge in [0.15, 0.2) is 0 Å². The molecule has 1 unspecified atom stereocenters. The highest BCUT2D eigenvalue weighted by Gasteiger charge is 2.27. The number of methoxy groups -OCH3 is 1. The summed E-state index contributed by atoms with van der Waals surface area (Å²) in [5.41, 5.74) is 4.68. The van der Waals surface area contributed by atoms with Crippen molar-refractivity contribution >= 4 is 18.6 Å². The average molecular weight is 163 g/mol. The van der Waals surface area contributed by atoms with Crippen LogP contribution in [-0.4, -0.2) is 24.4 Å². The molecular formula is C6H13NO2S. The summed E-state index contributed by atoms with van der Waals surface area (Å²) in [5, 5.41) is 0. The molecule has 0 aromatic rings. The summed E-state index contributed by atoms with van der Waals surface area (Å²) in [6, 6.07) is 0. The van der Waals surface area contributed by atoms with Crippen LogP contribution in [0.4, 0.5) is 0 Å². The van der Waals surface area contributed by atoms with Crippen LogP contribution in [0.5, 0.6) is 0 Å². The van der Waals surface area contributed by atoms with E-state index in [0.717, 1.165) is 0 Å². The fraction of sp³-hybridized carbons (Fsp3) is 0.833. The van der Waals surface area contributed by atoms with Gasteiger partial charge in [0.05, 0.1) is 7.11 Å². The smallest absolute Gasteiger partial charge is 0.325 e. The third-order valence-electron chi connectivity index (χ3n) is 1.28. The fourth-order valence-corrected chi connectivity index (χ4v) is 1.03. The molecule has 0 aromatic heterocycles. The lowest BCUT2D eigenvalue weighted by molar-refractivity contribution is -0.146. The molecule has 0 aliphatic rings. The van der Waals surface area contributed by atoms with Gasteiger partial charge in [-0.25, -0.2) is 0 Å². The summed E-state index contributed by atoms with van der Waals surface area (Å²) in [6.45, 7) is 1.63. The van der Waals surface area contributed by atoms with Crippen LogP contribution in [-0.2, 0) is 9.53 Å². The molecule has 4 heteroatoms. The second-order valence-corrected chi connectivity index (χ2v) is 2.83. The van der Waals surface area contributed by atoms with Crippen LogP contribution in [0.2, 0.25) is 0 Å². The minimum absolute atomic E-state index is 0.387. The van der Waals surface area contributed by atoms with Crippen molar-refractivity contribution in [3.05, 3.63) is 0 Å². The zero-order valence-electron chi connectivity index (χ0n) is 6.26. The molecular weight excluding hydrogens is 150 g/mol. The topological polar surface area (TPSA) is 52.3 Å². The first kappa shape index (κ1) is 9.78. The largest absolute Gasteiger partial charge is 0.468 e. The normalized spacial score (nSPS) is 16.0. The van der Waals surface area contributed by atoms with E-state index in [1.165, 1.54) is 7.11 Å². The summed E-state index contributed by atoms with van der Waals surface area (Å²) in [7, 11) is 1.33. The minimum atomic E-state index is -0.878. The van der Waals surface area contributed by atoms with E-state index in [1.807, 2.05) is 0 Å². The van der Waals surface area contributed by atoms with Gasteiger partial charge in [-0.3, -0.25) is 4.79 Å². The van der Waals surface area contributed by atoms with Crippen LogP contribution in [0.1, 0.15) is 13.3 Å². The molecule has 0 spiro atoms. The predicted molar refractivity (Wildman–Crippen MR) is 43.1 cm³/mol. The van der Waals surface area contributed by atoms with E-state index in [1.54, 1.807) is 6.92 Å². The highest BCUT2D eigenvalue weighted by molar-refractivity contribution is 7.80. The number of hydrogen-bond donors (Lipinski definition) is 2. The number of carbonyl (C=O) groups is 1. The maximum absolute atomic E-state index is 10.8. The molecule has 10 heavy (non-hydrogen) atoms. The van der Waals surface area contributed by atoms with Crippen LogP contribution < -0.4 is 5.73 Å². The van der Waals surface area contributed by atoms with E-state index in [-0.39, 0.29) is 5.97 Å². The predicted octanol–water partition coefficient (Wildman–Crippen LogP) is 0.197. The van der Waals surface area contributed by atoms with Crippen molar-refractivity contribution in [3.8, 4) is 0 Å². The highest BCUT2D eigenvalue weighted by atomic mass is 32.1. The van der Waals surface area contributed by atoms with Gasteiger partial charge in [-0.15, -0.1) is 0 Å². The Balaban J connectivity index is 3.96. The van der Waals surface area contributed by atoms with Gasteiger partial charge in [-0.05, 0) is 19.1 Å². The molecule has 1 atom stereocenters. The number of rotatable bonds is 3. The minimum Gasteiger partial charge on any atom is -0.468 e. The molecule has 60 valence electrons. The SMILES string of the molecule is COC(=O)C(C)(N)CCS. The Bertz CT molecular complexity index is 125. The lowest BCUT2D eigenvalue weighted by Crippen LogP contribution is -2.46. The number of esters is 1. The van der Waals surface area contributed by atoms with Gasteiger partial charge in [-0.2, -0.15) is 12.6 Å². The van der Waals surface area contributed by atoms with E-state index >= 15 is 0 Å². The quantitative estimate of drug-likeness (QED) is 0.461. The Morgan fingerprint density at radius 2 is 2.30 bits per heavy atom. The lowest BCUT2D eigenvalue weighted by atomic mass is 10.0. The maximum Gasteiger partial charge on any atom is 0.325 e. The lowest BCUT2D eigenvalue weighted by Gasteiger charge is -2.19. The molecule has 0 amide bonds. The molecule has 0 aliphatic heterocycles. The molecule has 0 rings (SSSR count). The Morgan fingerprint density at radius 3 is 2.60 bits per heavy atom. The van der Waals surface area contributed by atoms with E-state index in [9.17, 15) is 4.79 Å². The number of thiol groups is 1. The van der Waals surface area contributed by atoms with Gasteiger partial charge >= 0.3 is 5.97 Å². The van der Waals surface area contributed by atoms with Gasteiger partial charge in [0, 0.05) is 0 Å². The van der Waals surface area contributed by atoms with Crippen molar-refractivity contribution in [2.75, 3.05) is 12.9 Å². The van der Waals surface area contributed by atoms with Crippen molar-refractivity contribution in [1.82, 2.24) is 0 Å². The molecule has 3 nitrogen and oxygen atoms in total. The van der Waals surface area contributed by atoms with Crippen molar-refractivity contribution in [1.29, 1.82) is 0 Å². The average Bonchev–Trinajstić information content (AvgIpc) is 1.86. The Kier molecular flexibility index (Phi) is 3.75. The monoisotopic (exact) mass is 163 g/mol. The van der Waals surface area contributed by atoms with Crippen LogP contribution >= 0.6 is 12.6 Å². The number of hydrogen-bond acceptors (Lipinski definition) is 4.